The van der Waals surface area contributed by atoms with Crippen LogP contribution in [0.15, 0.2) is 12.1 Å². The summed E-state index contributed by atoms with van der Waals surface area (Å²) in [6.07, 6.45) is -0.144. The van der Waals surface area contributed by atoms with E-state index in [0.717, 1.165) is 7.11 Å². The van der Waals surface area contributed by atoms with Crippen LogP contribution in [0.25, 0.3) is 0 Å². The van der Waals surface area contributed by atoms with Crippen LogP contribution in [0, 0.1) is 0 Å². The number of hydrogen-bond donors (Lipinski definition) is 2. The van der Waals surface area contributed by atoms with Gasteiger partial charge in [0.2, 0.25) is 5.78 Å². The van der Waals surface area contributed by atoms with Gasteiger partial charge in [0.25, 0.3) is 0 Å². The molecule has 0 aromatic heterocycles. The van der Waals surface area contributed by atoms with Gasteiger partial charge >= 0.3 is 5.97 Å². The summed E-state index contributed by atoms with van der Waals surface area (Å²) in [5.74, 6) is -1.17. The van der Waals surface area contributed by atoms with Gasteiger partial charge in [-0.1, -0.05) is 0 Å². The number of methoxy groups -OCH3 is 2. The molecule has 0 radical (unpaired) electrons. The molecule has 0 heterocycles. The third kappa shape index (κ3) is 2.87. The molecule has 6 nitrogen and oxygen atoms in total. The highest BCUT2D eigenvalue weighted by Gasteiger charge is 2.17. The van der Waals surface area contributed by atoms with Gasteiger partial charge in [-0.25, -0.2) is 4.79 Å². The van der Waals surface area contributed by atoms with Gasteiger partial charge in [0.15, 0.2) is 0 Å². The topological polar surface area (TPSA) is 105 Å². The lowest BCUT2D eigenvalue weighted by Gasteiger charge is -2.09. The van der Waals surface area contributed by atoms with E-state index in [1.807, 2.05) is 0 Å². The number of carbonyl (C=O) groups is 2. The fraction of sp³-hybridized carbons (Fsp3) is 0.273. The molecule has 4 N–H and O–H groups in total. The number of ketones is 1. The summed E-state index contributed by atoms with van der Waals surface area (Å²) < 4.78 is 9.32. The van der Waals surface area contributed by atoms with Gasteiger partial charge in [-0.15, -0.1) is 0 Å². The molecule has 17 heavy (non-hydrogen) atoms. The molecule has 0 unspecified atom stereocenters. The van der Waals surface area contributed by atoms with E-state index in [0.29, 0.717) is 22.7 Å². The highest BCUT2D eigenvalue weighted by atomic mass is 16.5. The van der Waals surface area contributed by atoms with E-state index in [1.54, 1.807) is 0 Å². The third-order valence-electron chi connectivity index (χ3n) is 2.26. The van der Waals surface area contributed by atoms with Gasteiger partial charge in [0.05, 0.1) is 19.9 Å². The largest absolute Gasteiger partial charge is 0.495 e. The van der Waals surface area contributed by atoms with Crippen LogP contribution in [0.1, 0.15) is 5.56 Å². The molecule has 0 atom stereocenters. The molecule has 0 saturated carbocycles. The van der Waals surface area contributed by atoms with Gasteiger partial charge in [0.1, 0.15) is 5.75 Å². The fourth-order valence-corrected chi connectivity index (χ4v) is 1.35. The number of esters is 1. The SMILES string of the molecule is COC(=O)C(=O)Cc1cc(OC)c(N)cc1N. The van der Waals surface area contributed by atoms with Gasteiger partial charge in [-0.3, -0.25) is 4.79 Å². The van der Waals surface area contributed by atoms with Crippen LogP contribution in [-0.2, 0) is 20.7 Å². The van der Waals surface area contributed by atoms with E-state index < -0.39 is 11.8 Å². The summed E-state index contributed by atoms with van der Waals surface area (Å²) in [4.78, 5) is 22.4. The molecule has 1 rings (SSSR count). The van der Waals surface area contributed by atoms with E-state index in [-0.39, 0.29) is 6.42 Å². The average Bonchev–Trinajstić information content (AvgIpc) is 2.31. The first-order valence-corrected chi connectivity index (χ1v) is 4.82. The minimum atomic E-state index is -0.903. The van der Waals surface area contributed by atoms with E-state index in [4.69, 9.17) is 16.2 Å². The standard InChI is InChI=1S/C11H14N2O4/c1-16-10-4-6(7(12)5-8(10)13)3-9(14)11(15)17-2/h4-5H,3,12-13H2,1-2H3. The minimum Gasteiger partial charge on any atom is -0.495 e. The van der Waals surface area contributed by atoms with Crippen LogP contribution in [-0.4, -0.2) is 26.0 Å². The van der Waals surface area contributed by atoms with Gasteiger partial charge < -0.3 is 20.9 Å². The average molecular weight is 238 g/mol. The lowest BCUT2D eigenvalue weighted by Crippen LogP contribution is -2.18. The Balaban J connectivity index is 2.99. The number of benzene rings is 1. The molecule has 0 aliphatic heterocycles. The van der Waals surface area contributed by atoms with Crippen LogP contribution < -0.4 is 16.2 Å². The first-order valence-electron chi connectivity index (χ1n) is 4.82. The monoisotopic (exact) mass is 238 g/mol. The van der Waals surface area contributed by atoms with E-state index in [9.17, 15) is 9.59 Å². The highest BCUT2D eigenvalue weighted by Crippen LogP contribution is 2.27. The van der Waals surface area contributed by atoms with Crippen LogP contribution >= 0.6 is 0 Å². The number of ether oxygens (including phenoxy) is 2. The van der Waals surface area contributed by atoms with Crippen LogP contribution in [0.2, 0.25) is 0 Å². The first-order chi connectivity index (χ1) is 7.99. The van der Waals surface area contributed by atoms with E-state index >= 15 is 0 Å². The zero-order chi connectivity index (χ0) is 13.0. The summed E-state index contributed by atoms with van der Waals surface area (Å²) in [6, 6.07) is 3.02. The van der Waals surface area contributed by atoms with Crippen LogP contribution in [0.4, 0.5) is 11.4 Å². The van der Waals surface area contributed by atoms with Crippen molar-refractivity contribution in [3.8, 4) is 5.75 Å². The summed E-state index contributed by atoms with van der Waals surface area (Å²) in [5.41, 5.74) is 12.5. The summed E-state index contributed by atoms with van der Waals surface area (Å²) in [5, 5.41) is 0. The molecule has 0 fully saturated rings. The number of nitrogen functional groups attached to an aromatic ring is 2. The number of nitrogens with two attached hydrogens (primary N) is 2. The zero-order valence-corrected chi connectivity index (χ0v) is 9.65. The van der Waals surface area contributed by atoms with Gasteiger partial charge in [-0.2, -0.15) is 0 Å². The van der Waals surface area contributed by atoms with Crippen molar-refractivity contribution < 1.29 is 19.1 Å². The third-order valence-corrected chi connectivity index (χ3v) is 2.26. The molecular formula is C11H14N2O4. The Labute approximate surface area is 98.5 Å². The van der Waals surface area contributed by atoms with E-state index in [2.05, 4.69) is 4.74 Å². The number of hydrogen-bond acceptors (Lipinski definition) is 6. The predicted molar refractivity (Wildman–Crippen MR) is 62.5 cm³/mol. The highest BCUT2D eigenvalue weighted by molar-refractivity contribution is 6.34. The van der Waals surface area contributed by atoms with Crippen molar-refractivity contribution in [2.75, 3.05) is 25.7 Å². The molecule has 1 aromatic rings. The molecule has 0 amide bonds. The molecule has 6 heteroatoms. The second-order valence-electron chi connectivity index (χ2n) is 3.38. The number of Topliss-reactive ketones (excluding diaryl/α,β-unsaturated/α-hetero) is 1. The van der Waals surface area contributed by atoms with Gasteiger partial charge in [-0.05, 0) is 17.7 Å². The second-order valence-corrected chi connectivity index (χ2v) is 3.38. The maximum absolute atomic E-state index is 11.4. The number of rotatable bonds is 4. The minimum absolute atomic E-state index is 0.144. The molecule has 1 aromatic carbocycles. The van der Waals surface area contributed by atoms with Crippen LogP contribution in [0.5, 0.6) is 5.75 Å². The number of anilines is 2. The number of carbonyl (C=O) groups excluding carboxylic acids is 2. The smallest absolute Gasteiger partial charge is 0.374 e. The second kappa shape index (κ2) is 5.20. The Kier molecular flexibility index (Phi) is 3.92. The quantitative estimate of drug-likeness (QED) is 0.439. The summed E-state index contributed by atoms with van der Waals surface area (Å²) in [7, 11) is 2.60. The van der Waals surface area contributed by atoms with Crippen molar-refractivity contribution >= 4 is 23.1 Å². The molecular weight excluding hydrogens is 224 g/mol. The van der Waals surface area contributed by atoms with Crippen molar-refractivity contribution in [1.29, 1.82) is 0 Å². The maximum Gasteiger partial charge on any atom is 0.374 e. The molecule has 0 aliphatic rings. The predicted octanol–water partition coefficient (Wildman–Crippen LogP) is 0.144. The summed E-state index contributed by atoms with van der Waals surface area (Å²) >= 11 is 0. The molecule has 92 valence electrons. The van der Waals surface area contributed by atoms with E-state index in [1.165, 1.54) is 19.2 Å². The molecule has 0 bridgehead atoms. The lowest BCUT2D eigenvalue weighted by molar-refractivity contribution is -0.151. The Morgan fingerprint density at radius 1 is 1.18 bits per heavy atom. The van der Waals surface area contributed by atoms with Crippen molar-refractivity contribution in [3.05, 3.63) is 17.7 Å². The normalized spacial score (nSPS) is 9.76. The Bertz CT molecular complexity index is 457. The lowest BCUT2D eigenvalue weighted by atomic mass is 10.1. The Hall–Kier alpha value is -2.24. The first kappa shape index (κ1) is 12.8. The Morgan fingerprint density at radius 3 is 2.35 bits per heavy atom. The van der Waals surface area contributed by atoms with Crippen molar-refractivity contribution in [2.24, 2.45) is 0 Å². The summed E-state index contributed by atoms with van der Waals surface area (Å²) in [6.45, 7) is 0. The van der Waals surface area contributed by atoms with Crippen molar-refractivity contribution in [1.82, 2.24) is 0 Å². The van der Waals surface area contributed by atoms with Crippen molar-refractivity contribution in [2.45, 2.75) is 6.42 Å². The van der Waals surface area contributed by atoms with Gasteiger partial charge in [0, 0.05) is 12.1 Å². The molecule has 0 saturated heterocycles. The van der Waals surface area contributed by atoms with Crippen molar-refractivity contribution in [3.63, 3.8) is 0 Å². The molecule has 0 spiro atoms. The fourth-order valence-electron chi connectivity index (χ4n) is 1.35. The zero-order valence-electron chi connectivity index (χ0n) is 9.65. The Morgan fingerprint density at radius 2 is 1.82 bits per heavy atom. The molecule has 0 aliphatic carbocycles. The maximum atomic E-state index is 11.4. The van der Waals surface area contributed by atoms with Crippen LogP contribution in [0.3, 0.4) is 0 Å².